The number of benzene rings is 3. The summed E-state index contributed by atoms with van der Waals surface area (Å²) in [5.41, 5.74) is -3.23. The molecule has 2 atom stereocenters. The van der Waals surface area contributed by atoms with Crippen molar-refractivity contribution in [2.24, 2.45) is 0 Å². The minimum Gasteiger partial charge on any atom is -0.478 e. The van der Waals surface area contributed by atoms with Crippen LogP contribution in [0.25, 0.3) is 0 Å². The second-order valence-electron chi connectivity index (χ2n) is 9.08. The van der Waals surface area contributed by atoms with Crippen molar-refractivity contribution in [2.45, 2.75) is 24.6 Å². The topological polar surface area (TPSA) is 122 Å². The van der Waals surface area contributed by atoms with Gasteiger partial charge in [0.1, 0.15) is 0 Å². The van der Waals surface area contributed by atoms with Gasteiger partial charge in [-0.15, -0.1) is 0 Å². The van der Waals surface area contributed by atoms with Gasteiger partial charge in [-0.05, 0) is 60.7 Å². The third-order valence-electron chi connectivity index (χ3n) is 5.75. The lowest BCUT2D eigenvalue weighted by atomic mass is 10.1. The number of halogens is 6. The molecule has 0 unspecified atom stereocenters. The van der Waals surface area contributed by atoms with Gasteiger partial charge in [0, 0.05) is 25.5 Å². The second-order valence-corrected chi connectivity index (χ2v) is 9.08. The molecule has 0 radical (unpaired) electrons. The van der Waals surface area contributed by atoms with E-state index in [2.05, 4.69) is 5.32 Å². The quantitative estimate of drug-likeness (QED) is 0.248. The molecule has 2 N–H and O–H groups in total. The standard InChI is InChI=1S/C28H22F6N2O7/c1-36(2)20-11-9-19(10-12-20)35-23(37)21(42-25(40)15-5-3-7-17(13-15)27(29,30)31)22(24(38)39)43-26(41)16-6-4-8-18(14-16)28(32,33)34/h3-14,21-22H,1-2H3,(H,35,37)(H,38,39)/t21-,22-/m1/s1. The molecule has 3 rings (SSSR count). The number of aliphatic carboxylic acids is 1. The summed E-state index contributed by atoms with van der Waals surface area (Å²) in [6.45, 7) is 0. The average Bonchev–Trinajstić information content (AvgIpc) is 2.94. The lowest BCUT2D eigenvalue weighted by Gasteiger charge is -2.24. The molecule has 0 saturated heterocycles. The smallest absolute Gasteiger partial charge is 0.416 e. The Morgan fingerprint density at radius 2 is 1.16 bits per heavy atom. The normalized spacial score (nSPS) is 12.9. The van der Waals surface area contributed by atoms with Gasteiger partial charge in [-0.25, -0.2) is 14.4 Å². The van der Waals surface area contributed by atoms with E-state index in [9.17, 15) is 50.6 Å². The maximum absolute atomic E-state index is 13.2. The van der Waals surface area contributed by atoms with E-state index in [1.807, 2.05) is 0 Å². The van der Waals surface area contributed by atoms with E-state index in [1.54, 1.807) is 31.1 Å². The Bertz CT molecular complexity index is 1500. The molecule has 0 heterocycles. The Morgan fingerprint density at radius 3 is 1.56 bits per heavy atom. The van der Waals surface area contributed by atoms with Crippen molar-refractivity contribution in [3.05, 3.63) is 95.1 Å². The van der Waals surface area contributed by atoms with Gasteiger partial charge in [-0.1, -0.05) is 12.1 Å². The highest BCUT2D eigenvalue weighted by atomic mass is 19.4. The maximum Gasteiger partial charge on any atom is 0.416 e. The zero-order valence-corrected chi connectivity index (χ0v) is 22.2. The van der Waals surface area contributed by atoms with Gasteiger partial charge in [-0.3, -0.25) is 4.79 Å². The van der Waals surface area contributed by atoms with Crippen molar-refractivity contribution >= 4 is 35.2 Å². The van der Waals surface area contributed by atoms with Crippen LogP contribution in [0.4, 0.5) is 37.7 Å². The van der Waals surface area contributed by atoms with Crippen molar-refractivity contribution in [1.29, 1.82) is 0 Å². The van der Waals surface area contributed by atoms with Crippen LogP contribution in [0.3, 0.4) is 0 Å². The number of rotatable bonds is 9. The van der Waals surface area contributed by atoms with Crippen LogP contribution in [0.15, 0.2) is 72.8 Å². The molecule has 9 nitrogen and oxygen atoms in total. The summed E-state index contributed by atoms with van der Waals surface area (Å²) < 4.78 is 88.6. The summed E-state index contributed by atoms with van der Waals surface area (Å²) in [7, 11) is 3.46. The van der Waals surface area contributed by atoms with Crippen molar-refractivity contribution < 1.29 is 60.1 Å². The van der Waals surface area contributed by atoms with Gasteiger partial charge >= 0.3 is 30.3 Å². The first-order valence-electron chi connectivity index (χ1n) is 12.0. The van der Waals surface area contributed by atoms with E-state index >= 15 is 0 Å². The summed E-state index contributed by atoms with van der Waals surface area (Å²) in [5, 5.41) is 12.0. The highest BCUT2D eigenvalue weighted by molar-refractivity contribution is 6.01. The number of carboxylic acids is 1. The molecule has 0 aromatic heterocycles. The lowest BCUT2D eigenvalue weighted by molar-refractivity contribution is -0.157. The van der Waals surface area contributed by atoms with E-state index in [0.717, 1.165) is 24.3 Å². The number of ether oxygens (including phenoxy) is 2. The number of alkyl halides is 6. The Kier molecular flexibility index (Phi) is 9.68. The number of carboxylic acid groups (broad SMARTS) is 1. The number of hydrogen-bond acceptors (Lipinski definition) is 7. The molecule has 1 amide bonds. The molecule has 3 aromatic carbocycles. The molecular formula is C28H22F6N2O7. The summed E-state index contributed by atoms with van der Waals surface area (Å²) in [6.07, 6.45) is -14.9. The van der Waals surface area contributed by atoms with E-state index in [1.165, 1.54) is 12.1 Å². The molecule has 0 fully saturated rings. The van der Waals surface area contributed by atoms with Crippen LogP contribution in [0.2, 0.25) is 0 Å². The molecule has 228 valence electrons. The molecule has 3 aromatic rings. The molecule has 0 aliphatic rings. The highest BCUT2D eigenvalue weighted by Gasteiger charge is 2.42. The van der Waals surface area contributed by atoms with Crippen LogP contribution in [-0.2, 0) is 31.4 Å². The van der Waals surface area contributed by atoms with Crippen LogP contribution >= 0.6 is 0 Å². The summed E-state index contributed by atoms with van der Waals surface area (Å²) in [4.78, 5) is 52.5. The van der Waals surface area contributed by atoms with Gasteiger partial charge in [0.25, 0.3) is 5.91 Å². The predicted molar refractivity (Wildman–Crippen MR) is 138 cm³/mol. The monoisotopic (exact) mass is 612 g/mol. The fourth-order valence-electron chi connectivity index (χ4n) is 3.56. The Balaban J connectivity index is 1.97. The van der Waals surface area contributed by atoms with E-state index in [0.29, 0.717) is 30.0 Å². The summed E-state index contributed by atoms with van der Waals surface area (Å²) >= 11 is 0. The van der Waals surface area contributed by atoms with Crippen LogP contribution in [0.5, 0.6) is 0 Å². The Hall–Kier alpha value is -5.08. The predicted octanol–water partition coefficient (Wildman–Crippen LogP) is 5.26. The number of nitrogens with one attached hydrogen (secondary N) is 1. The number of nitrogens with zero attached hydrogens (tertiary/aromatic N) is 1. The Labute approximate surface area is 239 Å². The third-order valence-corrected chi connectivity index (χ3v) is 5.75. The van der Waals surface area contributed by atoms with E-state index < -0.39 is 70.6 Å². The second kappa shape index (κ2) is 12.8. The first-order chi connectivity index (χ1) is 20.0. The van der Waals surface area contributed by atoms with Gasteiger partial charge < -0.3 is 24.8 Å². The molecule has 0 bridgehead atoms. The molecule has 43 heavy (non-hydrogen) atoms. The van der Waals surface area contributed by atoms with Gasteiger partial charge in [-0.2, -0.15) is 26.3 Å². The van der Waals surface area contributed by atoms with Gasteiger partial charge in [0.05, 0.1) is 22.3 Å². The minimum atomic E-state index is -4.87. The molecule has 0 saturated carbocycles. The Morgan fingerprint density at radius 1 is 0.721 bits per heavy atom. The molecule has 0 aliphatic carbocycles. The number of amides is 1. The first-order valence-corrected chi connectivity index (χ1v) is 12.0. The highest BCUT2D eigenvalue weighted by Crippen LogP contribution is 2.31. The number of anilines is 2. The largest absolute Gasteiger partial charge is 0.478 e. The number of carbonyl (C=O) groups excluding carboxylic acids is 3. The summed E-state index contributed by atoms with van der Waals surface area (Å²) in [6, 6.07) is 11.4. The minimum absolute atomic E-state index is 0.0593. The summed E-state index contributed by atoms with van der Waals surface area (Å²) in [5.74, 6) is -6.64. The van der Waals surface area contributed by atoms with Crippen LogP contribution in [-0.4, -0.2) is 55.2 Å². The van der Waals surface area contributed by atoms with Gasteiger partial charge in [0.2, 0.25) is 12.2 Å². The van der Waals surface area contributed by atoms with Gasteiger partial charge in [0.15, 0.2) is 0 Å². The van der Waals surface area contributed by atoms with Crippen molar-refractivity contribution in [3.63, 3.8) is 0 Å². The molecule has 0 spiro atoms. The van der Waals surface area contributed by atoms with Crippen molar-refractivity contribution in [1.82, 2.24) is 0 Å². The fourth-order valence-corrected chi connectivity index (χ4v) is 3.56. The number of hydrogen-bond donors (Lipinski definition) is 2. The third kappa shape index (κ3) is 8.47. The average molecular weight is 612 g/mol. The molecule has 15 heteroatoms. The zero-order chi connectivity index (χ0) is 32.1. The van der Waals surface area contributed by atoms with Crippen molar-refractivity contribution in [3.8, 4) is 0 Å². The maximum atomic E-state index is 13.2. The van der Waals surface area contributed by atoms with E-state index in [-0.39, 0.29) is 5.69 Å². The molecule has 0 aliphatic heterocycles. The molecular weight excluding hydrogens is 590 g/mol. The SMILES string of the molecule is CN(C)c1ccc(NC(=O)[C@H](OC(=O)c2cccc(C(F)(F)F)c2)[C@@H](OC(=O)c2cccc(C(F)(F)F)c2)C(=O)O)cc1. The van der Waals surface area contributed by atoms with Crippen molar-refractivity contribution in [2.75, 3.05) is 24.3 Å². The number of carbonyl (C=O) groups is 4. The van der Waals surface area contributed by atoms with E-state index in [4.69, 9.17) is 9.47 Å². The zero-order valence-electron chi connectivity index (χ0n) is 22.2. The van der Waals surface area contributed by atoms with Crippen LogP contribution in [0, 0.1) is 0 Å². The fraction of sp³-hybridized carbons (Fsp3) is 0.214. The lowest BCUT2D eigenvalue weighted by Crippen LogP contribution is -2.48. The van der Waals surface area contributed by atoms with Crippen LogP contribution < -0.4 is 10.2 Å². The first kappa shape index (κ1) is 32.4. The number of esters is 2. The van der Waals surface area contributed by atoms with Crippen LogP contribution in [0.1, 0.15) is 31.8 Å².